The number of hydrogen-bond donors (Lipinski definition) is 5. The molecular formula is C27H24N2O6. The van der Waals surface area contributed by atoms with Crippen molar-refractivity contribution in [3.63, 3.8) is 0 Å². The zero-order chi connectivity index (χ0) is 24.9. The molecule has 0 unspecified atom stereocenters. The van der Waals surface area contributed by atoms with Crippen LogP contribution < -0.4 is 10.3 Å². The van der Waals surface area contributed by atoms with Crippen LogP contribution in [0.15, 0.2) is 70.5 Å². The number of para-hydroxylation sites is 1. The first kappa shape index (κ1) is 23.4. The summed E-state index contributed by atoms with van der Waals surface area (Å²) < 4.78 is 5.14. The lowest BCUT2D eigenvalue weighted by Gasteiger charge is -2.07. The predicted octanol–water partition coefficient (Wildman–Crippen LogP) is 4.23. The average Bonchev–Trinajstić information content (AvgIpc) is 2.84. The lowest BCUT2D eigenvalue weighted by molar-refractivity contribution is 0.371. The van der Waals surface area contributed by atoms with Crippen LogP contribution in [0.4, 0.5) is 0 Å². The number of ether oxygens (including phenoxy) is 1. The summed E-state index contributed by atoms with van der Waals surface area (Å²) in [4.78, 5) is 19.1. The highest BCUT2D eigenvalue weighted by Gasteiger charge is 2.10. The number of rotatable bonds is 7. The van der Waals surface area contributed by atoms with E-state index in [4.69, 9.17) is 4.74 Å². The minimum Gasteiger partial charge on any atom is -0.504 e. The van der Waals surface area contributed by atoms with Crippen molar-refractivity contribution in [1.82, 2.24) is 4.98 Å². The van der Waals surface area contributed by atoms with E-state index in [0.717, 1.165) is 5.56 Å². The van der Waals surface area contributed by atoms with E-state index in [1.807, 2.05) is 18.2 Å². The van der Waals surface area contributed by atoms with Gasteiger partial charge in [0.05, 0.1) is 19.2 Å². The van der Waals surface area contributed by atoms with Crippen LogP contribution in [-0.2, 0) is 13.0 Å². The van der Waals surface area contributed by atoms with Gasteiger partial charge in [0.2, 0.25) is 5.88 Å². The zero-order valence-electron chi connectivity index (χ0n) is 18.9. The van der Waals surface area contributed by atoms with Crippen molar-refractivity contribution >= 4 is 23.1 Å². The predicted molar refractivity (Wildman–Crippen MR) is 135 cm³/mol. The standard InChI is InChI=1S/C27H24N2O6/c1-35-24-7-3-6-18(25(24)32)5-2-4-16-8-10-19-20(12-16)21(27(34)29-26(19)33)15-28-14-17-9-11-22(30)23(31)13-17/h2-4,6-13,15,30-32H,5,14H2,1H3,(H2,29,33,34). The number of aliphatic imine (C=N–C) groups is 1. The molecule has 1 heterocycles. The fraction of sp³-hybridized carbons (Fsp3) is 0.111. The highest BCUT2D eigenvalue weighted by molar-refractivity contribution is 6.02. The van der Waals surface area contributed by atoms with Crippen molar-refractivity contribution < 1.29 is 25.2 Å². The van der Waals surface area contributed by atoms with Crippen LogP contribution in [-0.4, -0.2) is 38.7 Å². The van der Waals surface area contributed by atoms with Crippen LogP contribution in [0.1, 0.15) is 22.3 Å². The zero-order valence-corrected chi connectivity index (χ0v) is 18.9. The lowest BCUT2D eigenvalue weighted by Crippen LogP contribution is -2.08. The van der Waals surface area contributed by atoms with Crippen LogP contribution in [0.25, 0.3) is 16.8 Å². The lowest BCUT2D eigenvalue weighted by atomic mass is 10.0. The topological polar surface area (TPSA) is 135 Å². The third kappa shape index (κ3) is 5.11. The van der Waals surface area contributed by atoms with Gasteiger partial charge in [-0.05, 0) is 47.9 Å². The van der Waals surface area contributed by atoms with Crippen molar-refractivity contribution in [3.8, 4) is 28.9 Å². The van der Waals surface area contributed by atoms with Gasteiger partial charge in [-0.15, -0.1) is 0 Å². The molecule has 0 radical (unpaired) electrons. The first-order chi connectivity index (χ1) is 16.9. The monoisotopic (exact) mass is 472 g/mol. The number of aromatic nitrogens is 1. The summed E-state index contributed by atoms with van der Waals surface area (Å²) >= 11 is 0. The molecule has 3 aromatic carbocycles. The van der Waals surface area contributed by atoms with E-state index in [9.17, 15) is 25.2 Å². The van der Waals surface area contributed by atoms with E-state index in [1.165, 1.54) is 25.5 Å². The molecule has 5 N–H and O–H groups in total. The molecule has 8 nitrogen and oxygen atoms in total. The number of aromatic hydroxyl groups is 4. The molecule has 0 aliphatic heterocycles. The molecule has 35 heavy (non-hydrogen) atoms. The molecule has 8 heteroatoms. The summed E-state index contributed by atoms with van der Waals surface area (Å²) in [6.07, 6.45) is 5.67. The van der Waals surface area contributed by atoms with Crippen molar-refractivity contribution in [1.29, 1.82) is 0 Å². The maximum atomic E-state index is 12.4. The summed E-state index contributed by atoms with van der Waals surface area (Å²) in [6, 6.07) is 14.9. The first-order valence-corrected chi connectivity index (χ1v) is 10.8. The number of H-pyrrole nitrogens is 1. The summed E-state index contributed by atoms with van der Waals surface area (Å²) in [5, 5.41) is 40.6. The summed E-state index contributed by atoms with van der Waals surface area (Å²) in [6.45, 7) is 0.192. The number of pyridine rings is 1. The molecular weight excluding hydrogens is 448 g/mol. The highest BCUT2D eigenvalue weighted by atomic mass is 16.5. The van der Waals surface area contributed by atoms with E-state index >= 15 is 0 Å². The van der Waals surface area contributed by atoms with Gasteiger partial charge in [-0.25, -0.2) is 0 Å². The van der Waals surface area contributed by atoms with Gasteiger partial charge in [0, 0.05) is 22.6 Å². The molecule has 0 fully saturated rings. The number of phenolic OH excluding ortho intramolecular Hbond substituents is 3. The number of methoxy groups -OCH3 is 1. The normalized spacial score (nSPS) is 11.6. The van der Waals surface area contributed by atoms with Gasteiger partial charge in [-0.2, -0.15) is 0 Å². The van der Waals surface area contributed by atoms with E-state index < -0.39 is 5.56 Å². The number of nitrogens with one attached hydrogen (secondary N) is 1. The van der Waals surface area contributed by atoms with Crippen LogP contribution in [0, 0.1) is 0 Å². The Labute approximate surface area is 200 Å². The SMILES string of the molecule is COc1cccc(CC=Cc2ccc3c(=O)[nH]c(O)c(C=NCc4ccc(O)c(O)c4)c3c2)c1O. The van der Waals surface area contributed by atoms with Crippen molar-refractivity contribution in [2.24, 2.45) is 4.99 Å². The molecule has 4 aromatic rings. The molecule has 178 valence electrons. The van der Waals surface area contributed by atoms with Gasteiger partial charge in [-0.1, -0.05) is 36.4 Å². The van der Waals surface area contributed by atoms with Crippen LogP contribution in [0.3, 0.4) is 0 Å². The first-order valence-electron chi connectivity index (χ1n) is 10.8. The third-order valence-electron chi connectivity index (χ3n) is 5.55. The quantitative estimate of drug-likeness (QED) is 0.202. The molecule has 0 saturated heterocycles. The van der Waals surface area contributed by atoms with E-state index in [0.29, 0.717) is 39.6 Å². The minimum absolute atomic E-state index is 0.0927. The van der Waals surface area contributed by atoms with Gasteiger partial charge < -0.3 is 25.2 Å². The second-order valence-corrected chi connectivity index (χ2v) is 7.89. The summed E-state index contributed by atoms with van der Waals surface area (Å²) in [5.74, 6) is -0.266. The Bertz CT molecular complexity index is 1500. The number of aromatic amines is 1. The molecule has 0 spiro atoms. The van der Waals surface area contributed by atoms with Gasteiger partial charge in [0.1, 0.15) is 0 Å². The Hall–Kier alpha value is -4.72. The molecule has 0 atom stereocenters. The van der Waals surface area contributed by atoms with E-state index in [-0.39, 0.29) is 29.7 Å². The molecule has 0 amide bonds. The number of benzene rings is 3. The molecule has 1 aromatic heterocycles. The fourth-order valence-electron chi connectivity index (χ4n) is 3.72. The van der Waals surface area contributed by atoms with E-state index in [1.54, 1.807) is 36.4 Å². The van der Waals surface area contributed by atoms with Gasteiger partial charge >= 0.3 is 0 Å². The molecule has 0 aliphatic rings. The Balaban J connectivity index is 1.62. The Morgan fingerprint density at radius 3 is 2.57 bits per heavy atom. The van der Waals surface area contributed by atoms with Gasteiger partial charge in [-0.3, -0.25) is 14.8 Å². The maximum absolute atomic E-state index is 12.4. The van der Waals surface area contributed by atoms with E-state index in [2.05, 4.69) is 9.98 Å². The molecule has 0 saturated carbocycles. The Morgan fingerprint density at radius 2 is 1.80 bits per heavy atom. The van der Waals surface area contributed by atoms with Gasteiger partial charge in [0.15, 0.2) is 23.0 Å². The molecule has 4 rings (SSSR count). The maximum Gasteiger partial charge on any atom is 0.258 e. The number of nitrogens with zero attached hydrogens (tertiary/aromatic N) is 1. The average molecular weight is 472 g/mol. The number of allylic oxidation sites excluding steroid dienone is 1. The highest BCUT2D eigenvalue weighted by Crippen LogP contribution is 2.30. The number of fused-ring (bicyclic) bond motifs is 1. The van der Waals surface area contributed by atoms with Crippen molar-refractivity contribution in [2.75, 3.05) is 7.11 Å². The largest absolute Gasteiger partial charge is 0.504 e. The van der Waals surface area contributed by atoms with Gasteiger partial charge in [0.25, 0.3) is 5.56 Å². The fourth-order valence-corrected chi connectivity index (χ4v) is 3.72. The van der Waals surface area contributed by atoms with Crippen LogP contribution in [0.2, 0.25) is 0 Å². The Morgan fingerprint density at radius 1 is 0.971 bits per heavy atom. The van der Waals surface area contributed by atoms with Crippen LogP contribution in [0.5, 0.6) is 28.9 Å². The number of phenols is 3. The summed E-state index contributed by atoms with van der Waals surface area (Å²) in [7, 11) is 1.50. The van der Waals surface area contributed by atoms with Crippen molar-refractivity contribution in [3.05, 3.63) is 93.3 Å². The smallest absolute Gasteiger partial charge is 0.258 e. The van der Waals surface area contributed by atoms with Crippen molar-refractivity contribution in [2.45, 2.75) is 13.0 Å². The van der Waals surface area contributed by atoms with Crippen LogP contribution >= 0.6 is 0 Å². The second kappa shape index (κ2) is 10.0. The number of hydrogen-bond acceptors (Lipinski definition) is 7. The Kier molecular flexibility index (Phi) is 6.73. The minimum atomic E-state index is -0.421. The molecule has 0 aliphatic carbocycles. The molecule has 0 bridgehead atoms. The second-order valence-electron chi connectivity index (χ2n) is 7.89. The summed E-state index contributed by atoms with van der Waals surface area (Å²) in [5.41, 5.74) is 2.10. The third-order valence-corrected chi connectivity index (χ3v) is 5.55.